The Morgan fingerprint density at radius 2 is 1.86 bits per heavy atom. The molecule has 0 radical (unpaired) electrons. The molecule has 0 saturated carbocycles. The van der Waals surface area contributed by atoms with Gasteiger partial charge in [-0.3, -0.25) is 4.79 Å². The second-order valence-electron chi connectivity index (χ2n) is 5.43. The van der Waals surface area contributed by atoms with Crippen LogP contribution in [-0.2, 0) is 4.79 Å². The molecule has 0 saturated heterocycles. The zero-order valence-corrected chi connectivity index (χ0v) is 13.5. The van der Waals surface area contributed by atoms with Gasteiger partial charge >= 0.3 is 0 Å². The van der Waals surface area contributed by atoms with Crippen molar-refractivity contribution >= 4 is 22.9 Å². The zero-order chi connectivity index (χ0) is 15.2. The summed E-state index contributed by atoms with van der Waals surface area (Å²) in [4.78, 5) is 13.1. The van der Waals surface area contributed by atoms with Gasteiger partial charge in [0.2, 0.25) is 5.91 Å². The van der Waals surface area contributed by atoms with Crippen LogP contribution in [0.15, 0.2) is 41.8 Å². The molecule has 0 spiro atoms. The predicted octanol–water partition coefficient (Wildman–Crippen LogP) is 4.16. The fourth-order valence-electron chi connectivity index (χ4n) is 2.07. The lowest BCUT2D eigenvalue weighted by Crippen LogP contribution is -2.31. The van der Waals surface area contributed by atoms with E-state index in [-0.39, 0.29) is 18.5 Å². The van der Waals surface area contributed by atoms with Gasteiger partial charge < -0.3 is 10.6 Å². The second kappa shape index (κ2) is 7.27. The van der Waals surface area contributed by atoms with Crippen LogP contribution >= 0.6 is 11.3 Å². The monoisotopic (exact) mass is 302 g/mol. The molecule has 0 fully saturated rings. The molecule has 0 aliphatic carbocycles. The molecule has 21 heavy (non-hydrogen) atoms. The van der Waals surface area contributed by atoms with Gasteiger partial charge in [-0.2, -0.15) is 0 Å². The number of hydrogen-bond donors (Lipinski definition) is 2. The normalized spacial score (nSPS) is 12.2. The lowest BCUT2D eigenvalue weighted by atomic mass is 10.0. The van der Waals surface area contributed by atoms with Crippen LogP contribution in [0.3, 0.4) is 0 Å². The summed E-state index contributed by atoms with van der Waals surface area (Å²) in [6.45, 7) is 6.63. The first-order valence-electron chi connectivity index (χ1n) is 7.23. The summed E-state index contributed by atoms with van der Waals surface area (Å²) < 4.78 is 0. The van der Waals surface area contributed by atoms with E-state index in [1.807, 2.05) is 36.6 Å². The average molecular weight is 302 g/mol. The van der Waals surface area contributed by atoms with Crippen LogP contribution in [0.1, 0.15) is 43.2 Å². The van der Waals surface area contributed by atoms with E-state index in [0.717, 1.165) is 5.69 Å². The van der Waals surface area contributed by atoms with E-state index >= 15 is 0 Å². The number of hydrogen-bond acceptors (Lipinski definition) is 3. The van der Waals surface area contributed by atoms with Gasteiger partial charge in [0.1, 0.15) is 0 Å². The number of carbonyl (C=O) groups is 1. The van der Waals surface area contributed by atoms with E-state index in [9.17, 15) is 4.79 Å². The van der Waals surface area contributed by atoms with Crippen LogP contribution in [0.4, 0.5) is 5.69 Å². The lowest BCUT2D eigenvalue weighted by molar-refractivity contribution is -0.120. The zero-order valence-electron chi connectivity index (χ0n) is 12.7. The molecule has 3 nitrogen and oxygen atoms in total. The first kappa shape index (κ1) is 15.6. The third kappa shape index (κ3) is 4.60. The molecule has 1 atom stereocenters. The van der Waals surface area contributed by atoms with Crippen molar-refractivity contribution in [3.8, 4) is 0 Å². The molecular weight excluding hydrogens is 280 g/mol. The highest BCUT2D eigenvalue weighted by Gasteiger charge is 2.09. The highest BCUT2D eigenvalue weighted by Crippen LogP contribution is 2.18. The van der Waals surface area contributed by atoms with Crippen LogP contribution in [0, 0.1) is 0 Å². The topological polar surface area (TPSA) is 41.1 Å². The summed E-state index contributed by atoms with van der Waals surface area (Å²) in [5.41, 5.74) is 2.27. The number of rotatable bonds is 6. The number of nitrogens with one attached hydrogen (secondary N) is 2. The minimum atomic E-state index is 0.00355. The Hall–Kier alpha value is -1.81. The van der Waals surface area contributed by atoms with Crippen LogP contribution < -0.4 is 10.6 Å². The molecule has 1 unspecified atom stereocenters. The predicted molar refractivity (Wildman–Crippen MR) is 89.9 cm³/mol. The maximum atomic E-state index is 11.9. The third-order valence-electron chi connectivity index (χ3n) is 3.38. The molecule has 1 amide bonds. The van der Waals surface area contributed by atoms with Crippen molar-refractivity contribution in [3.63, 3.8) is 0 Å². The molecule has 2 aromatic rings. The van der Waals surface area contributed by atoms with Gasteiger partial charge in [-0.15, -0.1) is 11.3 Å². The summed E-state index contributed by atoms with van der Waals surface area (Å²) in [7, 11) is 0. The Bertz CT molecular complexity index is 561. The third-order valence-corrected chi connectivity index (χ3v) is 4.43. The van der Waals surface area contributed by atoms with Crippen molar-refractivity contribution in [2.24, 2.45) is 0 Å². The highest BCUT2D eigenvalue weighted by molar-refractivity contribution is 7.10. The number of carbonyl (C=O) groups excluding carboxylic acids is 1. The molecule has 0 aliphatic heterocycles. The van der Waals surface area contributed by atoms with E-state index < -0.39 is 0 Å². The SMILES string of the molecule is CC(C)c1ccc(NCC(=O)NC(C)c2cccs2)cc1. The standard InChI is InChI=1S/C17H22N2OS/c1-12(2)14-6-8-15(9-7-14)18-11-17(20)19-13(3)16-5-4-10-21-16/h4-10,12-13,18H,11H2,1-3H3,(H,19,20). The van der Waals surface area contributed by atoms with E-state index in [4.69, 9.17) is 0 Å². The molecule has 0 bridgehead atoms. The van der Waals surface area contributed by atoms with Crippen LogP contribution in [-0.4, -0.2) is 12.5 Å². The Kier molecular flexibility index (Phi) is 5.39. The van der Waals surface area contributed by atoms with Gasteiger partial charge in [0.05, 0.1) is 12.6 Å². The minimum Gasteiger partial charge on any atom is -0.376 e. The Morgan fingerprint density at radius 1 is 1.14 bits per heavy atom. The van der Waals surface area contributed by atoms with Crippen LogP contribution in [0.5, 0.6) is 0 Å². The minimum absolute atomic E-state index is 0.00355. The molecule has 1 aromatic carbocycles. The second-order valence-corrected chi connectivity index (χ2v) is 6.41. The van der Waals surface area contributed by atoms with Gasteiger partial charge in [-0.1, -0.05) is 32.0 Å². The first-order valence-corrected chi connectivity index (χ1v) is 8.11. The molecular formula is C17H22N2OS. The number of thiophene rings is 1. The summed E-state index contributed by atoms with van der Waals surface area (Å²) in [6, 6.07) is 12.3. The Morgan fingerprint density at radius 3 is 2.43 bits per heavy atom. The molecule has 2 N–H and O–H groups in total. The van der Waals surface area contributed by atoms with Crippen LogP contribution in [0.25, 0.3) is 0 Å². The Labute approximate surface area is 130 Å². The molecule has 112 valence electrons. The maximum absolute atomic E-state index is 11.9. The van der Waals surface area contributed by atoms with Crippen molar-refractivity contribution in [3.05, 3.63) is 52.2 Å². The molecule has 1 heterocycles. The number of anilines is 1. The van der Waals surface area contributed by atoms with Gasteiger partial charge in [-0.05, 0) is 42.0 Å². The van der Waals surface area contributed by atoms with E-state index in [0.29, 0.717) is 5.92 Å². The molecule has 4 heteroatoms. The van der Waals surface area contributed by atoms with Crippen molar-refractivity contribution in [2.45, 2.75) is 32.7 Å². The highest BCUT2D eigenvalue weighted by atomic mass is 32.1. The summed E-state index contributed by atoms with van der Waals surface area (Å²) in [5.74, 6) is 0.526. The summed E-state index contributed by atoms with van der Waals surface area (Å²) in [6.07, 6.45) is 0. The van der Waals surface area contributed by atoms with E-state index in [1.165, 1.54) is 10.4 Å². The largest absolute Gasteiger partial charge is 0.376 e. The summed E-state index contributed by atoms with van der Waals surface area (Å²) in [5, 5.41) is 8.16. The fraction of sp³-hybridized carbons (Fsp3) is 0.353. The summed E-state index contributed by atoms with van der Waals surface area (Å²) >= 11 is 1.66. The van der Waals surface area contributed by atoms with Crippen molar-refractivity contribution < 1.29 is 4.79 Å². The molecule has 2 rings (SSSR count). The van der Waals surface area contributed by atoms with Crippen molar-refractivity contribution in [1.82, 2.24) is 5.32 Å². The molecule has 0 aliphatic rings. The Balaban J connectivity index is 1.81. The van der Waals surface area contributed by atoms with E-state index in [2.05, 4.69) is 36.6 Å². The quantitative estimate of drug-likeness (QED) is 0.841. The lowest BCUT2D eigenvalue weighted by Gasteiger charge is -2.13. The smallest absolute Gasteiger partial charge is 0.239 e. The van der Waals surface area contributed by atoms with Crippen molar-refractivity contribution in [1.29, 1.82) is 0 Å². The fourth-order valence-corrected chi connectivity index (χ4v) is 2.80. The number of benzene rings is 1. The van der Waals surface area contributed by atoms with Gasteiger partial charge in [0.15, 0.2) is 0 Å². The van der Waals surface area contributed by atoms with E-state index in [1.54, 1.807) is 11.3 Å². The van der Waals surface area contributed by atoms with Crippen molar-refractivity contribution in [2.75, 3.05) is 11.9 Å². The first-order chi connectivity index (χ1) is 10.1. The molecule has 1 aromatic heterocycles. The maximum Gasteiger partial charge on any atom is 0.239 e. The van der Waals surface area contributed by atoms with Gasteiger partial charge in [0.25, 0.3) is 0 Å². The average Bonchev–Trinajstić information content (AvgIpc) is 3.00. The van der Waals surface area contributed by atoms with Gasteiger partial charge in [-0.25, -0.2) is 0 Å². The van der Waals surface area contributed by atoms with Gasteiger partial charge in [0, 0.05) is 10.6 Å². The number of amides is 1. The van der Waals surface area contributed by atoms with Crippen LogP contribution in [0.2, 0.25) is 0 Å².